The van der Waals surface area contributed by atoms with E-state index in [4.69, 9.17) is 0 Å². The highest BCUT2D eigenvalue weighted by Crippen LogP contribution is 2.22. The molecule has 1 unspecified atom stereocenters. The van der Waals surface area contributed by atoms with Crippen LogP contribution in [0.3, 0.4) is 0 Å². The van der Waals surface area contributed by atoms with Crippen molar-refractivity contribution < 1.29 is 4.39 Å². The fourth-order valence-corrected chi connectivity index (χ4v) is 2.57. The van der Waals surface area contributed by atoms with Crippen LogP contribution in [0.15, 0.2) is 36.5 Å². The van der Waals surface area contributed by atoms with Crippen LogP contribution in [0.25, 0.3) is 0 Å². The van der Waals surface area contributed by atoms with Gasteiger partial charge in [0, 0.05) is 25.5 Å². The zero-order valence-electron chi connectivity index (χ0n) is 12.8. The Morgan fingerprint density at radius 3 is 2.86 bits per heavy atom. The van der Waals surface area contributed by atoms with E-state index in [0.29, 0.717) is 5.92 Å². The molecule has 21 heavy (non-hydrogen) atoms. The van der Waals surface area contributed by atoms with Crippen molar-refractivity contribution in [1.29, 1.82) is 0 Å². The number of nitrogens with one attached hydrogen (secondary N) is 1. The number of hydrogen-bond donors (Lipinski definition) is 1. The Kier molecular flexibility index (Phi) is 5.93. The summed E-state index contributed by atoms with van der Waals surface area (Å²) in [6.07, 6.45) is 4.87. The van der Waals surface area contributed by atoms with Crippen molar-refractivity contribution in [1.82, 2.24) is 15.1 Å². The maximum absolute atomic E-state index is 13.5. The average molecular weight is 289 g/mol. The third-order valence-corrected chi connectivity index (χ3v) is 3.81. The highest BCUT2D eigenvalue weighted by atomic mass is 19.1. The summed E-state index contributed by atoms with van der Waals surface area (Å²) >= 11 is 0. The van der Waals surface area contributed by atoms with E-state index in [9.17, 15) is 4.39 Å². The second kappa shape index (κ2) is 7.93. The van der Waals surface area contributed by atoms with Gasteiger partial charge < -0.3 is 5.32 Å². The van der Waals surface area contributed by atoms with E-state index in [0.717, 1.165) is 37.9 Å². The summed E-state index contributed by atoms with van der Waals surface area (Å²) in [7, 11) is 1.96. The smallest absolute Gasteiger partial charge is 0.123 e. The van der Waals surface area contributed by atoms with Gasteiger partial charge in [-0.05, 0) is 55.5 Å². The van der Waals surface area contributed by atoms with Crippen molar-refractivity contribution in [2.45, 2.75) is 32.1 Å². The predicted molar refractivity (Wildman–Crippen MR) is 83.8 cm³/mol. The number of nitrogens with zero attached hydrogens (tertiary/aromatic N) is 2. The van der Waals surface area contributed by atoms with Gasteiger partial charge in [-0.2, -0.15) is 5.10 Å². The van der Waals surface area contributed by atoms with Crippen molar-refractivity contribution >= 4 is 0 Å². The van der Waals surface area contributed by atoms with Gasteiger partial charge in [0.2, 0.25) is 0 Å². The maximum Gasteiger partial charge on any atom is 0.123 e. The molecule has 1 atom stereocenters. The van der Waals surface area contributed by atoms with E-state index in [1.54, 1.807) is 12.1 Å². The SMILES string of the molecule is CCCNCC(CCc1ccnn1C)c1cccc(F)c1. The average Bonchev–Trinajstić information content (AvgIpc) is 2.88. The molecule has 1 heterocycles. The summed E-state index contributed by atoms with van der Waals surface area (Å²) in [4.78, 5) is 0. The van der Waals surface area contributed by atoms with E-state index < -0.39 is 0 Å². The molecule has 0 aliphatic heterocycles. The molecule has 0 radical (unpaired) electrons. The largest absolute Gasteiger partial charge is 0.316 e. The fourth-order valence-electron chi connectivity index (χ4n) is 2.57. The molecule has 0 bridgehead atoms. The molecule has 114 valence electrons. The van der Waals surface area contributed by atoms with Gasteiger partial charge in [0.25, 0.3) is 0 Å². The predicted octanol–water partition coefficient (Wildman–Crippen LogP) is 3.28. The number of halogens is 1. The molecule has 1 N–H and O–H groups in total. The van der Waals surface area contributed by atoms with Gasteiger partial charge in [0.1, 0.15) is 5.82 Å². The first kappa shape index (κ1) is 15.7. The van der Waals surface area contributed by atoms with E-state index in [-0.39, 0.29) is 5.82 Å². The lowest BCUT2D eigenvalue weighted by Gasteiger charge is -2.18. The van der Waals surface area contributed by atoms with Crippen LogP contribution in [0.5, 0.6) is 0 Å². The molecule has 0 saturated carbocycles. The highest BCUT2D eigenvalue weighted by Gasteiger charge is 2.13. The minimum absolute atomic E-state index is 0.159. The molecule has 0 fully saturated rings. The monoisotopic (exact) mass is 289 g/mol. The molecule has 0 amide bonds. The van der Waals surface area contributed by atoms with Crippen LogP contribution in [0.4, 0.5) is 4.39 Å². The highest BCUT2D eigenvalue weighted by molar-refractivity contribution is 5.21. The van der Waals surface area contributed by atoms with Crippen molar-refractivity contribution in [3.63, 3.8) is 0 Å². The Bertz CT molecular complexity index is 550. The molecular formula is C17H24FN3. The standard InChI is InChI=1S/C17H24FN3/c1-3-10-19-13-15(14-5-4-6-16(18)12-14)7-8-17-9-11-20-21(17)2/h4-6,9,11-12,15,19H,3,7-8,10,13H2,1-2H3. The molecule has 2 aromatic rings. The van der Waals surface area contributed by atoms with Crippen LogP contribution >= 0.6 is 0 Å². The first-order valence-electron chi connectivity index (χ1n) is 7.63. The normalized spacial score (nSPS) is 12.5. The molecule has 0 aliphatic carbocycles. The molecule has 0 aliphatic rings. The molecule has 0 saturated heterocycles. The molecule has 1 aromatic heterocycles. The summed E-state index contributed by atoms with van der Waals surface area (Å²) in [5.41, 5.74) is 2.28. The molecule has 4 heteroatoms. The second-order valence-electron chi connectivity index (χ2n) is 5.44. The molecular weight excluding hydrogens is 265 g/mol. The minimum Gasteiger partial charge on any atom is -0.316 e. The quantitative estimate of drug-likeness (QED) is 0.756. The van der Waals surface area contributed by atoms with Crippen LogP contribution in [-0.4, -0.2) is 22.9 Å². The van der Waals surface area contributed by atoms with Crippen LogP contribution in [0, 0.1) is 5.82 Å². The lowest BCUT2D eigenvalue weighted by Crippen LogP contribution is -2.23. The third kappa shape index (κ3) is 4.67. The summed E-state index contributed by atoms with van der Waals surface area (Å²) in [5, 5.41) is 7.65. The number of rotatable bonds is 8. The number of benzene rings is 1. The number of hydrogen-bond acceptors (Lipinski definition) is 2. The maximum atomic E-state index is 13.5. The first-order valence-corrected chi connectivity index (χ1v) is 7.63. The van der Waals surface area contributed by atoms with E-state index in [1.165, 1.54) is 11.8 Å². The van der Waals surface area contributed by atoms with Gasteiger partial charge in [-0.15, -0.1) is 0 Å². The fraction of sp³-hybridized carbons (Fsp3) is 0.471. The van der Waals surface area contributed by atoms with Gasteiger partial charge in [-0.25, -0.2) is 4.39 Å². The Labute approximate surface area is 126 Å². The van der Waals surface area contributed by atoms with Crippen LogP contribution in [0.2, 0.25) is 0 Å². The Morgan fingerprint density at radius 2 is 2.19 bits per heavy atom. The van der Waals surface area contributed by atoms with E-state index in [1.807, 2.05) is 30.1 Å². The second-order valence-corrected chi connectivity index (χ2v) is 5.44. The van der Waals surface area contributed by atoms with Crippen LogP contribution < -0.4 is 5.32 Å². The summed E-state index contributed by atoms with van der Waals surface area (Å²) in [6.45, 7) is 4.03. The minimum atomic E-state index is -0.159. The lowest BCUT2D eigenvalue weighted by molar-refractivity contribution is 0.534. The summed E-state index contributed by atoms with van der Waals surface area (Å²) in [5.74, 6) is 0.163. The topological polar surface area (TPSA) is 29.9 Å². The molecule has 1 aromatic carbocycles. The zero-order chi connectivity index (χ0) is 15.1. The third-order valence-electron chi connectivity index (χ3n) is 3.81. The molecule has 0 spiro atoms. The Morgan fingerprint density at radius 1 is 1.33 bits per heavy atom. The van der Waals surface area contributed by atoms with Crippen molar-refractivity contribution in [3.8, 4) is 0 Å². The van der Waals surface area contributed by atoms with Crippen molar-refractivity contribution in [2.75, 3.05) is 13.1 Å². The number of aromatic nitrogens is 2. The van der Waals surface area contributed by atoms with Crippen LogP contribution in [-0.2, 0) is 13.5 Å². The summed E-state index contributed by atoms with van der Waals surface area (Å²) < 4.78 is 15.4. The van der Waals surface area contributed by atoms with Gasteiger partial charge in [-0.1, -0.05) is 19.1 Å². The zero-order valence-corrected chi connectivity index (χ0v) is 12.8. The summed E-state index contributed by atoms with van der Waals surface area (Å²) in [6, 6.07) is 9.01. The Hall–Kier alpha value is -1.68. The Balaban J connectivity index is 2.03. The first-order chi connectivity index (χ1) is 10.2. The number of aryl methyl sites for hydroxylation is 2. The van der Waals surface area contributed by atoms with Gasteiger partial charge in [0.15, 0.2) is 0 Å². The van der Waals surface area contributed by atoms with Gasteiger partial charge in [0.05, 0.1) is 0 Å². The molecule has 2 rings (SSSR count). The van der Waals surface area contributed by atoms with Crippen LogP contribution in [0.1, 0.15) is 36.9 Å². The lowest BCUT2D eigenvalue weighted by atomic mass is 9.93. The van der Waals surface area contributed by atoms with E-state index in [2.05, 4.69) is 17.3 Å². The van der Waals surface area contributed by atoms with Gasteiger partial charge >= 0.3 is 0 Å². The van der Waals surface area contributed by atoms with Gasteiger partial charge in [-0.3, -0.25) is 4.68 Å². The van der Waals surface area contributed by atoms with Crippen molar-refractivity contribution in [3.05, 3.63) is 53.6 Å². The molecule has 3 nitrogen and oxygen atoms in total. The van der Waals surface area contributed by atoms with Crippen molar-refractivity contribution in [2.24, 2.45) is 7.05 Å². The van der Waals surface area contributed by atoms with E-state index >= 15 is 0 Å².